The van der Waals surface area contributed by atoms with Crippen LogP contribution in [0.25, 0.3) is 16.6 Å². The molecule has 1 aromatic carbocycles. The van der Waals surface area contributed by atoms with E-state index < -0.39 is 6.04 Å². The molecule has 5 fully saturated rings. The molecule has 0 bridgehead atoms. The van der Waals surface area contributed by atoms with E-state index in [0.717, 1.165) is 151 Å². The second kappa shape index (κ2) is 21.0. The van der Waals surface area contributed by atoms with Crippen LogP contribution in [0.2, 0.25) is 0 Å². The van der Waals surface area contributed by atoms with Gasteiger partial charge in [0.1, 0.15) is 23.7 Å². The molecule has 4 aromatic rings. The first kappa shape index (κ1) is 48.1. The topological polar surface area (TPSA) is 192 Å². The second-order valence-corrected chi connectivity index (χ2v) is 20.3. The van der Waals surface area contributed by atoms with Crippen molar-refractivity contribution < 1.29 is 28.7 Å². The first-order valence-corrected chi connectivity index (χ1v) is 25.9. The molecule has 4 saturated heterocycles. The van der Waals surface area contributed by atoms with Crippen molar-refractivity contribution in [1.82, 2.24) is 44.8 Å². The van der Waals surface area contributed by atoms with Crippen LogP contribution >= 0.6 is 0 Å². The van der Waals surface area contributed by atoms with Gasteiger partial charge in [-0.3, -0.25) is 39.1 Å². The Kier molecular flexibility index (Phi) is 14.2. The molecule has 0 spiro atoms. The Morgan fingerprint density at radius 1 is 0.859 bits per heavy atom. The van der Waals surface area contributed by atoms with Crippen molar-refractivity contribution in [3.63, 3.8) is 0 Å². The summed E-state index contributed by atoms with van der Waals surface area (Å²) in [7, 11) is 0. The Hall–Kier alpha value is -6.58. The largest absolute Gasteiger partial charge is 0.492 e. The number of benzene rings is 1. The van der Waals surface area contributed by atoms with Crippen LogP contribution in [0.15, 0.2) is 55.0 Å². The summed E-state index contributed by atoms with van der Waals surface area (Å²) in [6.45, 7) is 12.9. The maximum atomic E-state index is 13.3. The number of nitriles is 1. The molecule has 3 aromatic heterocycles. The molecule has 6 aliphatic rings. The van der Waals surface area contributed by atoms with Crippen LogP contribution < -0.4 is 25.2 Å². The minimum absolute atomic E-state index is 0.122. The third-order valence-electron chi connectivity index (χ3n) is 15.6. The standard InChI is InChI=1S/C53H66N12O6/c1-2-71-42-30-44(49-40(31-54)33-56-65(49)35-42)38-10-14-46(55-32-38)62-19-16-53(17-20-62,58-50(68)37-8-9-37)36-60-23-27-63(28-24-60)48(67)7-5-3-4-6-18-59-21-25-61(26-22-59)41-11-12-43-39(29-41)34-64(52(43)70)45-13-15-47(66)57-51(45)69/h10-12,14,29-30,32-33,35,37,45H,2-9,13,15-28,34,36H2,1H3,(H,58,68)(H,57,66,69). The normalized spacial score (nSPS) is 20.8. The molecule has 1 saturated carbocycles. The summed E-state index contributed by atoms with van der Waals surface area (Å²) >= 11 is 0. The molecule has 5 amide bonds. The molecule has 2 N–H and O–H groups in total. The van der Waals surface area contributed by atoms with E-state index in [2.05, 4.69) is 47.5 Å². The lowest BCUT2D eigenvalue weighted by Crippen LogP contribution is -2.63. The van der Waals surface area contributed by atoms with Gasteiger partial charge in [0, 0.05) is 126 Å². The molecule has 0 radical (unpaired) electrons. The smallest absolute Gasteiger partial charge is 0.255 e. The summed E-state index contributed by atoms with van der Waals surface area (Å²) in [5.41, 5.74) is 5.24. The number of hydrogen-bond donors (Lipinski definition) is 2. The van der Waals surface area contributed by atoms with E-state index in [-0.39, 0.29) is 47.4 Å². The average molecular weight is 967 g/mol. The van der Waals surface area contributed by atoms with Gasteiger partial charge in [-0.25, -0.2) is 9.50 Å². The number of hydrogen-bond acceptors (Lipinski definition) is 13. The molecule has 8 heterocycles. The summed E-state index contributed by atoms with van der Waals surface area (Å²) in [6.07, 6.45) is 14.1. The van der Waals surface area contributed by atoms with Crippen LogP contribution in [0.3, 0.4) is 0 Å². The van der Waals surface area contributed by atoms with Crippen molar-refractivity contribution in [2.75, 3.05) is 94.9 Å². The molecule has 10 rings (SSSR count). The van der Waals surface area contributed by atoms with E-state index in [1.54, 1.807) is 21.8 Å². The lowest BCUT2D eigenvalue weighted by Gasteiger charge is -2.46. The number of carbonyl (C=O) groups excluding carboxylic acids is 5. The number of nitrogens with zero attached hydrogens (tertiary/aromatic N) is 10. The molecular weight excluding hydrogens is 901 g/mol. The van der Waals surface area contributed by atoms with E-state index in [1.165, 1.54) is 0 Å². The van der Waals surface area contributed by atoms with E-state index in [9.17, 15) is 29.2 Å². The summed E-state index contributed by atoms with van der Waals surface area (Å²) in [4.78, 5) is 82.0. The van der Waals surface area contributed by atoms with Crippen molar-refractivity contribution in [2.45, 2.75) is 95.7 Å². The maximum absolute atomic E-state index is 13.3. The highest BCUT2D eigenvalue weighted by molar-refractivity contribution is 6.05. The van der Waals surface area contributed by atoms with Crippen LogP contribution in [0.4, 0.5) is 11.5 Å². The van der Waals surface area contributed by atoms with Crippen LogP contribution in [0.5, 0.6) is 5.75 Å². The quantitative estimate of drug-likeness (QED) is 0.113. The fourth-order valence-electron chi connectivity index (χ4n) is 11.3. The van der Waals surface area contributed by atoms with E-state index >= 15 is 0 Å². The van der Waals surface area contributed by atoms with E-state index in [1.807, 2.05) is 48.4 Å². The Labute approximate surface area is 415 Å². The summed E-state index contributed by atoms with van der Waals surface area (Å²) < 4.78 is 7.49. The van der Waals surface area contributed by atoms with E-state index in [4.69, 9.17) is 9.72 Å². The number of carbonyl (C=O) groups is 5. The predicted octanol–water partition coefficient (Wildman–Crippen LogP) is 4.21. The highest BCUT2D eigenvalue weighted by atomic mass is 16.5. The summed E-state index contributed by atoms with van der Waals surface area (Å²) in [5, 5.41) is 20.1. The number of anilines is 2. The Morgan fingerprint density at radius 3 is 2.35 bits per heavy atom. The molecule has 374 valence electrons. The monoisotopic (exact) mass is 967 g/mol. The van der Waals surface area contributed by atoms with Crippen LogP contribution in [-0.4, -0.2) is 160 Å². The first-order valence-electron chi connectivity index (χ1n) is 25.9. The predicted molar refractivity (Wildman–Crippen MR) is 267 cm³/mol. The zero-order valence-corrected chi connectivity index (χ0v) is 41.0. The number of unbranched alkanes of at least 4 members (excludes halogenated alkanes) is 3. The van der Waals surface area contributed by atoms with Crippen molar-refractivity contribution in [2.24, 2.45) is 5.92 Å². The van der Waals surface area contributed by atoms with Gasteiger partial charge in [-0.15, -0.1) is 0 Å². The lowest BCUT2D eigenvalue weighted by atomic mass is 9.86. The zero-order valence-electron chi connectivity index (χ0n) is 41.0. The number of piperidine rings is 2. The molecule has 1 aliphatic carbocycles. The summed E-state index contributed by atoms with van der Waals surface area (Å²) in [6, 6.07) is 13.6. The second-order valence-electron chi connectivity index (χ2n) is 20.3. The van der Waals surface area contributed by atoms with Gasteiger partial charge >= 0.3 is 0 Å². The molecule has 1 unspecified atom stereocenters. The SMILES string of the molecule is CCOc1cc(-c2ccc(N3CCC(CN4CCN(C(=O)CCCCCCN5CCN(c6ccc7c(c6)CN(C6CCC(=O)NC6=O)C7=O)CC5)CC4)(NC(=O)C4CC4)CC3)nc2)c2c(C#N)cnn2c1. The number of imide groups is 1. The number of nitrogens with one attached hydrogen (secondary N) is 2. The van der Waals surface area contributed by atoms with Crippen molar-refractivity contribution >= 4 is 46.6 Å². The van der Waals surface area contributed by atoms with Crippen LogP contribution in [0.1, 0.15) is 99.0 Å². The third-order valence-corrected chi connectivity index (χ3v) is 15.6. The maximum Gasteiger partial charge on any atom is 0.255 e. The molecule has 18 heteroatoms. The van der Waals surface area contributed by atoms with Gasteiger partial charge < -0.3 is 29.7 Å². The lowest BCUT2D eigenvalue weighted by molar-refractivity contribution is -0.137. The number of amides is 5. The van der Waals surface area contributed by atoms with Crippen LogP contribution in [-0.2, 0) is 25.7 Å². The average Bonchev–Trinajstić information content (AvgIpc) is 4.09. The van der Waals surface area contributed by atoms with Crippen molar-refractivity contribution in [3.05, 3.63) is 71.7 Å². The number of rotatable bonds is 17. The number of piperazine rings is 2. The van der Waals surface area contributed by atoms with Crippen molar-refractivity contribution in [1.29, 1.82) is 5.26 Å². The molecule has 1 atom stereocenters. The third kappa shape index (κ3) is 10.7. The highest BCUT2D eigenvalue weighted by Crippen LogP contribution is 2.36. The Balaban J connectivity index is 0.635. The number of aromatic nitrogens is 3. The van der Waals surface area contributed by atoms with E-state index in [0.29, 0.717) is 56.0 Å². The van der Waals surface area contributed by atoms with Gasteiger partial charge in [-0.2, -0.15) is 10.4 Å². The molecule has 18 nitrogen and oxygen atoms in total. The first-order chi connectivity index (χ1) is 34.6. The zero-order chi connectivity index (χ0) is 49.1. The van der Waals surface area contributed by atoms with Gasteiger partial charge in [0.05, 0.1) is 35.6 Å². The van der Waals surface area contributed by atoms with Crippen molar-refractivity contribution in [3.8, 4) is 22.9 Å². The summed E-state index contributed by atoms with van der Waals surface area (Å²) in [5.74, 6) is 1.27. The molecular formula is C53H66N12O6. The van der Waals surface area contributed by atoms with Crippen LogP contribution in [0, 0.1) is 17.2 Å². The van der Waals surface area contributed by atoms with Gasteiger partial charge in [0.15, 0.2) is 0 Å². The molecule has 71 heavy (non-hydrogen) atoms. The highest BCUT2D eigenvalue weighted by Gasteiger charge is 2.42. The Morgan fingerprint density at radius 2 is 1.63 bits per heavy atom. The number of ether oxygens (including phenoxy) is 1. The Bertz CT molecular complexity index is 2670. The fourth-order valence-corrected chi connectivity index (χ4v) is 11.3. The number of fused-ring (bicyclic) bond motifs is 2. The van der Waals surface area contributed by atoms with Gasteiger partial charge in [0.25, 0.3) is 5.91 Å². The fraction of sp³-hybridized carbons (Fsp3) is 0.547. The van der Waals surface area contributed by atoms with Gasteiger partial charge in [0.2, 0.25) is 23.6 Å². The minimum atomic E-state index is -0.607. The number of pyridine rings is 2. The molecule has 5 aliphatic heterocycles. The minimum Gasteiger partial charge on any atom is -0.492 e. The van der Waals surface area contributed by atoms with Gasteiger partial charge in [-0.1, -0.05) is 12.8 Å². The van der Waals surface area contributed by atoms with Gasteiger partial charge in [-0.05, 0) is 100 Å².